The fourth-order valence-electron chi connectivity index (χ4n) is 4.39. The van der Waals surface area contributed by atoms with Crippen LogP contribution in [0.15, 0.2) is 78.9 Å². The van der Waals surface area contributed by atoms with Gasteiger partial charge in [-0.2, -0.15) is 0 Å². The number of benzene rings is 3. The average Bonchev–Trinajstić information content (AvgIpc) is 3.21. The van der Waals surface area contributed by atoms with Gasteiger partial charge in [-0.3, -0.25) is 4.90 Å². The molecule has 1 aliphatic heterocycles. The zero-order valence-corrected chi connectivity index (χ0v) is 19.0. The highest BCUT2D eigenvalue weighted by molar-refractivity contribution is 5.76. The number of piperazine rings is 1. The lowest BCUT2D eigenvalue weighted by molar-refractivity contribution is 0.132. The van der Waals surface area contributed by atoms with Crippen LogP contribution in [0.3, 0.4) is 0 Å². The van der Waals surface area contributed by atoms with E-state index in [-0.39, 0.29) is 11.8 Å². The molecule has 1 N–H and O–H groups in total. The third-order valence-electron chi connectivity index (χ3n) is 6.30. The van der Waals surface area contributed by atoms with Crippen LogP contribution in [0, 0.1) is 5.82 Å². The normalized spacial score (nSPS) is 14.4. The van der Waals surface area contributed by atoms with E-state index in [0.717, 1.165) is 48.6 Å². The van der Waals surface area contributed by atoms with Crippen molar-refractivity contribution in [2.45, 2.75) is 19.6 Å². The van der Waals surface area contributed by atoms with Crippen molar-refractivity contribution in [3.63, 3.8) is 0 Å². The maximum atomic E-state index is 13.1. The van der Waals surface area contributed by atoms with Crippen molar-refractivity contribution in [1.29, 1.82) is 0 Å². The van der Waals surface area contributed by atoms with Crippen molar-refractivity contribution in [2.24, 2.45) is 0 Å². The van der Waals surface area contributed by atoms with Gasteiger partial charge in [0.25, 0.3) is 0 Å². The van der Waals surface area contributed by atoms with Crippen LogP contribution in [0.1, 0.15) is 17.0 Å². The van der Waals surface area contributed by atoms with Crippen LogP contribution in [-0.4, -0.2) is 51.6 Å². The summed E-state index contributed by atoms with van der Waals surface area (Å²) < 4.78 is 15.4. The molecule has 0 bridgehead atoms. The van der Waals surface area contributed by atoms with Gasteiger partial charge >= 0.3 is 6.03 Å². The number of nitrogens with zero attached hydrogens (tertiary/aromatic N) is 4. The number of fused-ring (bicyclic) bond motifs is 1. The molecule has 0 unspecified atom stereocenters. The first-order valence-electron chi connectivity index (χ1n) is 11.6. The summed E-state index contributed by atoms with van der Waals surface area (Å²) in [4.78, 5) is 21.7. The Kier molecular flexibility index (Phi) is 6.53. The number of urea groups is 1. The summed E-state index contributed by atoms with van der Waals surface area (Å²) in [7, 11) is 0. The molecule has 1 saturated heterocycles. The largest absolute Gasteiger partial charge is 0.334 e. The number of rotatable bonds is 6. The maximum absolute atomic E-state index is 13.1. The zero-order valence-electron chi connectivity index (χ0n) is 19.0. The van der Waals surface area contributed by atoms with Gasteiger partial charge in [-0.25, -0.2) is 14.2 Å². The molecule has 3 aromatic carbocycles. The zero-order chi connectivity index (χ0) is 23.3. The lowest BCUT2D eigenvalue weighted by atomic mass is 10.2. The van der Waals surface area contributed by atoms with E-state index in [0.29, 0.717) is 19.6 Å². The number of halogens is 1. The molecule has 2 heterocycles. The predicted molar refractivity (Wildman–Crippen MR) is 131 cm³/mol. The van der Waals surface area contributed by atoms with E-state index in [1.54, 1.807) is 12.1 Å². The fraction of sp³-hybridized carbons (Fsp3) is 0.259. The van der Waals surface area contributed by atoms with Gasteiger partial charge in [0.05, 0.1) is 17.6 Å². The molecule has 5 rings (SSSR count). The molecule has 1 aromatic heterocycles. The van der Waals surface area contributed by atoms with E-state index in [4.69, 9.17) is 4.98 Å². The molecular weight excluding hydrogens is 429 g/mol. The van der Waals surface area contributed by atoms with Gasteiger partial charge in [-0.15, -0.1) is 0 Å². The summed E-state index contributed by atoms with van der Waals surface area (Å²) in [5, 5.41) is 2.94. The summed E-state index contributed by atoms with van der Waals surface area (Å²) in [6.45, 7) is 4.82. The molecule has 34 heavy (non-hydrogen) atoms. The molecule has 2 amide bonds. The summed E-state index contributed by atoms with van der Waals surface area (Å²) >= 11 is 0. The number of hydrogen-bond donors (Lipinski definition) is 1. The van der Waals surface area contributed by atoms with Crippen molar-refractivity contribution in [3.05, 3.63) is 102 Å². The van der Waals surface area contributed by atoms with Crippen LogP contribution >= 0.6 is 0 Å². The molecular formula is C27H28FN5O. The number of nitrogens with one attached hydrogen (secondary N) is 1. The van der Waals surface area contributed by atoms with Gasteiger partial charge in [-0.05, 0) is 35.4 Å². The topological polar surface area (TPSA) is 53.4 Å². The lowest BCUT2D eigenvalue weighted by Gasteiger charge is -2.34. The molecule has 174 valence electrons. The molecule has 0 spiro atoms. The second-order valence-corrected chi connectivity index (χ2v) is 8.64. The van der Waals surface area contributed by atoms with E-state index >= 15 is 0 Å². The van der Waals surface area contributed by atoms with Gasteiger partial charge in [0.15, 0.2) is 0 Å². The Morgan fingerprint density at radius 2 is 1.53 bits per heavy atom. The van der Waals surface area contributed by atoms with Crippen LogP contribution in [0.4, 0.5) is 9.18 Å². The maximum Gasteiger partial charge on any atom is 0.317 e. The first-order valence-corrected chi connectivity index (χ1v) is 11.6. The molecule has 0 radical (unpaired) electrons. The molecule has 4 aromatic rings. The Bertz CT molecular complexity index is 1250. The Morgan fingerprint density at radius 1 is 0.824 bits per heavy atom. The van der Waals surface area contributed by atoms with E-state index in [1.807, 2.05) is 17.0 Å². The minimum Gasteiger partial charge on any atom is -0.334 e. The Morgan fingerprint density at radius 3 is 2.29 bits per heavy atom. The molecule has 7 heteroatoms. The SMILES string of the molecule is O=C(NCc1ccc(F)cc1)N1CCN(Cc2nc3ccccc3n2Cc2ccccc2)CC1. The third kappa shape index (κ3) is 5.10. The van der Waals surface area contributed by atoms with E-state index in [9.17, 15) is 9.18 Å². The van der Waals surface area contributed by atoms with Crippen LogP contribution in [0.25, 0.3) is 11.0 Å². The first-order chi connectivity index (χ1) is 16.7. The average molecular weight is 458 g/mol. The van der Waals surface area contributed by atoms with Crippen LogP contribution in [-0.2, 0) is 19.6 Å². The van der Waals surface area contributed by atoms with Gasteiger partial charge in [-0.1, -0.05) is 54.6 Å². The monoisotopic (exact) mass is 457 g/mol. The molecule has 0 aliphatic carbocycles. The van der Waals surface area contributed by atoms with Gasteiger partial charge in [0, 0.05) is 39.3 Å². The summed E-state index contributed by atoms with van der Waals surface area (Å²) in [5.74, 6) is 0.766. The predicted octanol–water partition coefficient (Wildman–Crippen LogP) is 4.25. The summed E-state index contributed by atoms with van der Waals surface area (Å²) in [5.41, 5.74) is 4.27. The number of imidazole rings is 1. The summed E-state index contributed by atoms with van der Waals surface area (Å²) in [6, 6.07) is 24.8. The quantitative estimate of drug-likeness (QED) is 0.471. The minimum atomic E-state index is -0.275. The second kappa shape index (κ2) is 10.1. The highest BCUT2D eigenvalue weighted by Gasteiger charge is 2.23. The van der Waals surface area contributed by atoms with Crippen molar-refractivity contribution >= 4 is 17.1 Å². The first kappa shape index (κ1) is 22.1. The van der Waals surface area contributed by atoms with Crippen molar-refractivity contribution in [3.8, 4) is 0 Å². The third-order valence-corrected chi connectivity index (χ3v) is 6.30. The Balaban J connectivity index is 1.20. The standard InChI is InChI=1S/C27H28FN5O/c28-23-12-10-21(11-13-23)18-29-27(34)32-16-14-31(15-17-32)20-26-30-24-8-4-5-9-25(24)33(26)19-22-6-2-1-3-7-22/h1-13H,14-20H2,(H,29,34). The number of carbonyl (C=O) groups is 1. The molecule has 0 atom stereocenters. The van der Waals surface area contributed by atoms with Gasteiger partial charge < -0.3 is 14.8 Å². The van der Waals surface area contributed by atoms with Crippen LogP contribution < -0.4 is 5.32 Å². The van der Waals surface area contributed by atoms with Crippen LogP contribution in [0.5, 0.6) is 0 Å². The van der Waals surface area contributed by atoms with Crippen molar-refractivity contribution in [2.75, 3.05) is 26.2 Å². The summed E-state index contributed by atoms with van der Waals surface area (Å²) in [6.07, 6.45) is 0. The molecule has 0 saturated carbocycles. The fourth-order valence-corrected chi connectivity index (χ4v) is 4.39. The number of amides is 2. The number of para-hydroxylation sites is 2. The minimum absolute atomic E-state index is 0.0831. The molecule has 6 nitrogen and oxygen atoms in total. The van der Waals surface area contributed by atoms with E-state index in [1.165, 1.54) is 17.7 Å². The smallest absolute Gasteiger partial charge is 0.317 e. The van der Waals surface area contributed by atoms with Crippen molar-refractivity contribution < 1.29 is 9.18 Å². The number of carbonyl (C=O) groups excluding carboxylic acids is 1. The Hall–Kier alpha value is -3.71. The molecule has 1 fully saturated rings. The van der Waals surface area contributed by atoms with Crippen LogP contribution in [0.2, 0.25) is 0 Å². The van der Waals surface area contributed by atoms with E-state index < -0.39 is 0 Å². The van der Waals surface area contributed by atoms with Gasteiger partial charge in [0.1, 0.15) is 11.6 Å². The lowest BCUT2D eigenvalue weighted by Crippen LogP contribution is -2.51. The molecule has 1 aliphatic rings. The number of hydrogen-bond acceptors (Lipinski definition) is 3. The van der Waals surface area contributed by atoms with E-state index in [2.05, 4.69) is 57.2 Å². The van der Waals surface area contributed by atoms with Gasteiger partial charge in [0.2, 0.25) is 0 Å². The highest BCUT2D eigenvalue weighted by atomic mass is 19.1. The number of aromatic nitrogens is 2. The van der Waals surface area contributed by atoms with Crippen molar-refractivity contribution in [1.82, 2.24) is 24.7 Å². The highest BCUT2D eigenvalue weighted by Crippen LogP contribution is 2.20. The Labute approximate surface area is 198 Å². The second-order valence-electron chi connectivity index (χ2n) is 8.64.